The summed E-state index contributed by atoms with van der Waals surface area (Å²) in [6.45, 7) is 0. The van der Waals surface area contributed by atoms with E-state index >= 15 is 0 Å². The molecule has 0 bridgehead atoms. The smallest absolute Gasteiger partial charge is 0.321 e. The number of nitrogens with zero attached hydrogens (tertiary/aromatic N) is 2. The van der Waals surface area contributed by atoms with Crippen molar-refractivity contribution in [2.45, 2.75) is 37.6 Å². The van der Waals surface area contributed by atoms with Crippen LogP contribution >= 0.6 is 0 Å². The maximum absolute atomic E-state index is 11.9. The van der Waals surface area contributed by atoms with Gasteiger partial charge in [0.1, 0.15) is 0 Å². The van der Waals surface area contributed by atoms with Crippen molar-refractivity contribution in [3.05, 3.63) is 52.7 Å². The van der Waals surface area contributed by atoms with Gasteiger partial charge in [0.15, 0.2) is 0 Å². The number of hydrogen-bond acceptors (Lipinski definition) is 2. The molecule has 1 heterocycles. The van der Waals surface area contributed by atoms with E-state index in [0.29, 0.717) is 0 Å². The fourth-order valence-corrected chi connectivity index (χ4v) is 3.09. The summed E-state index contributed by atoms with van der Waals surface area (Å²) in [5, 5.41) is 0. The third kappa shape index (κ3) is 2.20. The highest BCUT2D eigenvalue weighted by Crippen LogP contribution is 2.34. The molecule has 1 aromatic heterocycles. The molecule has 0 spiro atoms. The summed E-state index contributed by atoms with van der Waals surface area (Å²) >= 11 is 0. The van der Waals surface area contributed by atoms with Crippen molar-refractivity contribution in [1.29, 1.82) is 0 Å². The van der Waals surface area contributed by atoms with E-state index in [4.69, 9.17) is 5.73 Å². The third-order valence-corrected chi connectivity index (χ3v) is 4.41. The first-order valence-electron chi connectivity index (χ1n) is 7.24. The van der Waals surface area contributed by atoms with Crippen LogP contribution in [-0.2, 0) is 12.6 Å². The lowest BCUT2D eigenvalue weighted by molar-refractivity contribution is 0.302. The van der Waals surface area contributed by atoms with Crippen molar-refractivity contribution in [2.24, 2.45) is 12.8 Å². The van der Waals surface area contributed by atoms with Crippen LogP contribution in [0, 0.1) is 0 Å². The second-order valence-corrected chi connectivity index (χ2v) is 5.83. The Hall–Kier alpha value is -1.81. The summed E-state index contributed by atoms with van der Waals surface area (Å²) in [6.07, 6.45) is 9.36. The maximum Gasteiger partial charge on any atom is 0.332 e. The van der Waals surface area contributed by atoms with Crippen LogP contribution in [0.25, 0.3) is 5.69 Å². The molecule has 0 atom stereocenters. The molecule has 3 rings (SSSR count). The van der Waals surface area contributed by atoms with Crippen LogP contribution in [0.2, 0.25) is 0 Å². The van der Waals surface area contributed by atoms with E-state index in [1.54, 1.807) is 28.6 Å². The van der Waals surface area contributed by atoms with E-state index in [0.717, 1.165) is 18.5 Å². The van der Waals surface area contributed by atoms with E-state index in [1.165, 1.54) is 24.8 Å². The van der Waals surface area contributed by atoms with Gasteiger partial charge in [-0.2, -0.15) is 0 Å². The average Bonchev–Trinajstić information content (AvgIpc) is 2.80. The highest BCUT2D eigenvalue weighted by Gasteiger charge is 2.29. The Balaban J connectivity index is 1.91. The van der Waals surface area contributed by atoms with Crippen LogP contribution < -0.4 is 11.4 Å². The number of hydrogen-bond donors (Lipinski definition) is 1. The van der Waals surface area contributed by atoms with E-state index < -0.39 is 0 Å². The lowest BCUT2D eigenvalue weighted by Crippen LogP contribution is -2.38. The van der Waals surface area contributed by atoms with Gasteiger partial charge in [0.2, 0.25) is 0 Å². The van der Waals surface area contributed by atoms with E-state index in [2.05, 4.69) is 12.1 Å². The second kappa shape index (κ2) is 4.94. The number of benzene rings is 1. The fourth-order valence-electron chi connectivity index (χ4n) is 3.09. The van der Waals surface area contributed by atoms with E-state index in [-0.39, 0.29) is 11.2 Å². The molecule has 2 N–H and O–H groups in total. The Kier molecular flexibility index (Phi) is 3.26. The Morgan fingerprint density at radius 2 is 1.70 bits per heavy atom. The first kappa shape index (κ1) is 13.2. The maximum atomic E-state index is 11.9. The lowest BCUT2D eigenvalue weighted by atomic mass is 9.77. The predicted molar refractivity (Wildman–Crippen MR) is 80.0 cm³/mol. The minimum atomic E-state index is -0.182. The summed E-state index contributed by atoms with van der Waals surface area (Å²) < 4.78 is 3.22. The molecule has 2 aromatic rings. The van der Waals surface area contributed by atoms with Gasteiger partial charge in [0.25, 0.3) is 0 Å². The van der Waals surface area contributed by atoms with Gasteiger partial charge in [-0.1, -0.05) is 31.4 Å². The van der Waals surface area contributed by atoms with E-state index in [1.807, 2.05) is 12.1 Å². The van der Waals surface area contributed by atoms with Crippen molar-refractivity contribution in [3.63, 3.8) is 0 Å². The molecule has 4 heteroatoms. The highest BCUT2D eigenvalue weighted by atomic mass is 16.1. The number of nitrogens with two attached hydrogens (primary N) is 1. The Morgan fingerprint density at radius 3 is 2.25 bits per heavy atom. The largest absolute Gasteiger partial charge is 0.332 e. The molecule has 1 fully saturated rings. The van der Waals surface area contributed by atoms with Gasteiger partial charge < -0.3 is 10.3 Å². The first-order chi connectivity index (χ1) is 9.60. The molecule has 0 unspecified atom stereocenters. The minimum Gasteiger partial charge on any atom is -0.321 e. The molecule has 0 aliphatic heterocycles. The summed E-state index contributed by atoms with van der Waals surface area (Å²) in [7, 11) is 1.75. The zero-order valence-electron chi connectivity index (χ0n) is 11.9. The lowest BCUT2D eigenvalue weighted by Gasteiger charge is -2.34. The van der Waals surface area contributed by atoms with Gasteiger partial charge in [-0.25, -0.2) is 4.79 Å². The van der Waals surface area contributed by atoms with Crippen molar-refractivity contribution < 1.29 is 0 Å². The molecule has 0 saturated heterocycles. The highest BCUT2D eigenvalue weighted by molar-refractivity contribution is 5.37. The van der Waals surface area contributed by atoms with Crippen molar-refractivity contribution in [2.75, 3.05) is 0 Å². The molecule has 0 radical (unpaired) electrons. The number of imidazole rings is 1. The molecule has 0 amide bonds. The number of aryl methyl sites for hydroxylation is 1. The van der Waals surface area contributed by atoms with Crippen LogP contribution in [0.3, 0.4) is 0 Å². The summed E-state index contributed by atoms with van der Waals surface area (Å²) in [5.41, 5.74) is 8.39. The Bertz CT molecular complexity index is 645. The van der Waals surface area contributed by atoms with Gasteiger partial charge in [-0.3, -0.25) is 4.57 Å². The van der Waals surface area contributed by atoms with Crippen molar-refractivity contribution in [3.8, 4) is 5.69 Å². The molecular formula is C16H21N3O. The van der Waals surface area contributed by atoms with Gasteiger partial charge in [0, 0.05) is 25.0 Å². The minimum absolute atomic E-state index is 0.0297. The van der Waals surface area contributed by atoms with Crippen molar-refractivity contribution >= 4 is 0 Å². The third-order valence-electron chi connectivity index (χ3n) is 4.41. The summed E-state index contributed by atoms with van der Waals surface area (Å²) in [4.78, 5) is 11.9. The average molecular weight is 271 g/mol. The zero-order valence-corrected chi connectivity index (χ0v) is 11.9. The number of rotatable bonds is 2. The topological polar surface area (TPSA) is 52.9 Å². The second-order valence-electron chi connectivity index (χ2n) is 5.83. The van der Waals surface area contributed by atoms with Crippen LogP contribution in [0.15, 0.2) is 41.5 Å². The van der Waals surface area contributed by atoms with Crippen LogP contribution in [0.5, 0.6) is 0 Å². The van der Waals surface area contributed by atoms with Gasteiger partial charge in [-0.05, 0) is 30.5 Å². The van der Waals surface area contributed by atoms with Gasteiger partial charge >= 0.3 is 5.69 Å². The van der Waals surface area contributed by atoms with Gasteiger partial charge in [0.05, 0.1) is 5.69 Å². The normalized spacial score (nSPS) is 18.1. The predicted octanol–water partition coefficient (Wildman–Crippen LogP) is 2.29. The molecular weight excluding hydrogens is 250 g/mol. The molecule has 20 heavy (non-hydrogen) atoms. The van der Waals surface area contributed by atoms with Gasteiger partial charge in [-0.15, -0.1) is 0 Å². The molecule has 1 aliphatic rings. The Morgan fingerprint density at radius 1 is 1.05 bits per heavy atom. The quantitative estimate of drug-likeness (QED) is 0.911. The van der Waals surface area contributed by atoms with Crippen LogP contribution in [0.1, 0.15) is 37.7 Å². The standard InChI is InChI=1S/C16H21N3O/c1-18-11-12-19(15(18)20)14-7-5-13(6-8-14)16(17)9-3-2-4-10-16/h5-8,11-12H,2-4,9-10,17H2,1H3. The summed E-state index contributed by atoms with van der Waals surface area (Å²) in [5.74, 6) is 0. The molecule has 1 aromatic carbocycles. The molecule has 1 aliphatic carbocycles. The Labute approximate surface area is 118 Å². The SMILES string of the molecule is Cn1ccn(-c2ccc(C3(N)CCCCC3)cc2)c1=O. The van der Waals surface area contributed by atoms with E-state index in [9.17, 15) is 4.79 Å². The molecule has 106 valence electrons. The van der Waals surface area contributed by atoms with Crippen LogP contribution in [-0.4, -0.2) is 9.13 Å². The van der Waals surface area contributed by atoms with Crippen molar-refractivity contribution in [1.82, 2.24) is 9.13 Å². The fraction of sp³-hybridized carbons (Fsp3) is 0.438. The monoisotopic (exact) mass is 271 g/mol. The zero-order chi connectivity index (χ0) is 14.2. The first-order valence-corrected chi connectivity index (χ1v) is 7.24. The summed E-state index contributed by atoms with van der Waals surface area (Å²) in [6, 6.07) is 8.11. The molecule has 4 nitrogen and oxygen atoms in total. The number of aromatic nitrogens is 2. The molecule has 1 saturated carbocycles. The van der Waals surface area contributed by atoms with Crippen LogP contribution in [0.4, 0.5) is 0 Å².